The molecule has 112 valence electrons. The first-order valence-electron chi connectivity index (χ1n) is 8.23. The Labute approximate surface area is 124 Å². The second-order valence-corrected chi connectivity index (χ2v) is 6.35. The van der Waals surface area contributed by atoms with Crippen molar-refractivity contribution in [2.45, 2.75) is 52.1 Å². The number of nitrogens with zero attached hydrogens (tertiary/aromatic N) is 1. The van der Waals surface area contributed by atoms with Gasteiger partial charge in [0.15, 0.2) is 0 Å². The molecular weight excluding hydrogens is 244 g/mol. The van der Waals surface area contributed by atoms with Crippen molar-refractivity contribution in [3.63, 3.8) is 0 Å². The minimum Gasteiger partial charge on any atom is -0.315 e. The van der Waals surface area contributed by atoms with Crippen LogP contribution in [0.4, 0.5) is 0 Å². The van der Waals surface area contributed by atoms with Gasteiger partial charge in [-0.05, 0) is 50.8 Å². The van der Waals surface area contributed by atoms with Crippen LogP contribution in [0, 0.1) is 5.92 Å². The molecule has 0 saturated carbocycles. The van der Waals surface area contributed by atoms with Crippen molar-refractivity contribution in [2.24, 2.45) is 5.92 Å². The van der Waals surface area contributed by atoms with Crippen LogP contribution in [-0.4, -0.2) is 30.6 Å². The molecule has 1 N–H and O–H groups in total. The van der Waals surface area contributed by atoms with E-state index in [4.69, 9.17) is 0 Å². The van der Waals surface area contributed by atoms with Gasteiger partial charge in [0.25, 0.3) is 0 Å². The van der Waals surface area contributed by atoms with E-state index < -0.39 is 0 Å². The summed E-state index contributed by atoms with van der Waals surface area (Å²) in [6.07, 6.45) is 3.87. The minimum atomic E-state index is 0.519. The molecule has 1 saturated heterocycles. The number of piperidine rings is 1. The Bertz CT molecular complexity index is 376. The molecule has 3 atom stereocenters. The normalized spacial score (nSPS) is 25.6. The Morgan fingerprint density at radius 3 is 2.65 bits per heavy atom. The van der Waals surface area contributed by atoms with Gasteiger partial charge in [-0.2, -0.15) is 0 Å². The van der Waals surface area contributed by atoms with Crippen molar-refractivity contribution in [3.8, 4) is 0 Å². The van der Waals surface area contributed by atoms with Gasteiger partial charge in [-0.15, -0.1) is 0 Å². The lowest BCUT2D eigenvalue weighted by molar-refractivity contribution is 0.0806. The van der Waals surface area contributed by atoms with E-state index in [1.165, 1.54) is 31.4 Å². The highest BCUT2D eigenvalue weighted by atomic mass is 15.2. The Morgan fingerprint density at radius 1 is 1.25 bits per heavy atom. The van der Waals surface area contributed by atoms with Crippen LogP contribution in [-0.2, 0) is 0 Å². The summed E-state index contributed by atoms with van der Waals surface area (Å²) in [7, 11) is 0. The number of nitrogens with one attached hydrogen (secondary N) is 1. The van der Waals surface area contributed by atoms with Crippen LogP contribution in [0.2, 0.25) is 0 Å². The molecule has 3 unspecified atom stereocenters. The van der Waals surface area contributed by atoms with E-state index in [1.807, 2.05) is 0 Å². The third kappa shape index (κ3) is 4.07. The van der Waals surface area contributed by atoms with Gasteiger partial charge in [-0.3, -0.25) is 4.90 Å². The zero-order chi connectivity index (χ0) is 14.4. The zero-order valence-corrected chi connectivity index (χ0v) is 13.3. The van der Waals surface area contributed by atoms with Gasteiger partial charge in [0, 0.05) is 18.6 Å². The first kappa shape index (κ1) is 15.5. The molecule has 0 aromatic heterocycles. The van der Waals surface area contributed by atoms with Crippen LogP contribution < -0.4 is 5.32 Å². The molecule has 0 amide bonds. The van der Waals surface area contributed by atoms with Crippen LogP contribution in [0.5, 0.6) is 0 Å². The van der Waals surface area contributed by atoms with Crippen molar-refractivity contribution >= 4 is 0 Å². The molecule has 1 heterocycles. The maximum absolute atomic E-state index is 3.62. The van der Waals surface area contributed by atoms with Crippen LogP contribution in [0.15, 0.2) is 30.3 Å². The molecule has 0 aliphatic carbocycles. The number of likely N-dealkylation sites (tertiary alicyclic amines) is 1. The molecule has 1 aliphatic rings. The van der Waals surface area contributed by atoms with Crippen LogP contribution in [0.25, 0.3) is 0 Å². The van der Waals surface area contributed by atoms with Gasteiger partial charge in [0.2, 0.25) is 0 Å². The first-order chi connectivity index (χ1) is 9.72. The molecular formula is C18H30N2. The number of hydrogen-bond donors (Lipinski definition) is 1. The standard InChI is InChI=1S/C18H30N2/c1-4-11-19-14-18(17-8-6-5-7-9-17)20-12-10-15(2)13-16(20)3/h5-9,15-16,18-19H,4,10-14H2,1-3H3. The molecule has 1 aromatic rings. The number of benzene rings is 1. The SMILES string of the molecule is CCCNCC(c1ccccc1)N1CCC(C)CC1C. The fraction of sp³-hybridized carbons (Fsp3) is 0.667. The lowest BCUT2D eigenvalue weighted by Gasteiger charge is -2.42. The molecule has 1 aromatic carbocycles. The minimum absolute atomic E-state index is 0.519. The summed E-state index contributed by atoms with van der Waals surface area (Å²) in [5.41, 5.74) is 1.46. The van der Waals surface area contributed by atoms with Crippen LogP contribution in [0.1, 0.15) is 51.6 Å². The monoisotopic (exact) mass is 274 g/mol. The molecule has 1 fully saturated rings. The highest BCUT2D eigenvalue weighted by Gasteiger charge is 2.29. The largest absolute Gasteiger partial charge is 0.315 e. The van der Waals surface area contributed by atoms with E-state index in [1.54, 1.807) is 0 Å². The summed E-state index contributed by atoms with van der Waals surface area (Å²) < 4.78 is 0. The van der Waals surface area contributed by atoms with Gasteiger partial charge in [0.05, 0.1) is 0 Å². The second kappa shape index (κ2) is 7.80. The van der Waals surface area contributed by atoms with Gasteiger partial charge in [0.1, 0.15) is 0 Å². The van der Waals surface area contributed by atoms with Crippen LogP contribution in [0.3, 0.4) is 0 Å². The van der Waals surface area contributed by atoms with Crippen LogP contribution >= 0.6 is 0 Å². The van der Waals surface area contributed by atoms with Crippen molar-refractivity contribution in [1.29, 1.82) is 0 Å². The zero-order valence-electron chi connectivity index (χ0n) is 13.3. The Morgan fingerprint density at radius 2 is 2.00 bits per heavy atom. The topological polar surface area (TPSA) is 15.3 Å². The molecule has 2 heteroatoms. The summed E-state index contributed by atoms with van der Waals surface area (Å²) in [6, 6.07) is 12.2. The summed E-state index contributed by atoms with van der Waals surface area (Å²) in [5.74, 6) is 0.876. The summed E-state index contributed by atoms with van der Waals surface area (Å²) in [5, 5.41) is 3.62. The second-order valence-electron chi connectivity index (χ2n) is 6.35. The summed E-state index contributed by atoms with van der Waals surface area (Å²) in [4.78, 5) is 2.71. The Balaban J connectivity index is 2.09. The highest BCUT2D eigenvalue weighted by molar-refractivity contribution is 5.20. The molecule has 20 heavy (non-hydrogen) atoms. The number of hydrogen-bond acceptors (Lipinski definition) is 2. The van der Waals surface area contributed by atoms with E-state index in [2.05, 4.69) is 61.3 Å². The fourth-order valence-corrected chi connectivity index (χ4v) is 3.41. The lowest BCUT2D eigenvalue weighted by atomic mass is 9.90. The highest BCUT2D eigenvalue weighted by Crippen LogP contribution is 2.30. The van der Waals surface area contributed by atoms with E-state index in [-0.39, 0.29) is 0 Å². The summed E-state index contributed by atoms with van der Waals surface area (Å²) >= 11 is 0. The van der Waals surface area contributed by atoms with E-state index >= 15 is 0 Å². The molecule has 0 radical (unpaired) electrons. The summed E-state index contributed by atoms with van der Waals surface area (Å²) in [6.45, 7) is 10.4. The third-order valence-corrected chi connectivity index (χ3v) is 4.54. The molecule has 2 nitrogen and oxygen atoms in total. The third-order valence-electron chi connectivity index (χ3n) is 4.54. The average Bonchev–Trinajstić information content (AvgIpc) is 2.46. The average molecular weight is 274 g/mol. The Hall–Kier alpha value is -0.860. The van der Waals surface area contributed by atoms with Gasteiger partial charge < -0.3 is 5.32 Å². The van der Waals surface area contributed by atoms with Gasteiger partial charge >= 0.3 is 0 Å². The Kier molecular flexibility index (Phi) is 6.06. The van der Waals surface area contributed by atoms with E-state index in [0.29, 0.717) is 12.1 Å². The maximum Gasteiger partial charge on any atom is 0.0475 e. The molecule has 0 bridgehead atoms. The quantitative estimate of drug-likeness (QED) is 0.793. The smallest absolute Gasteiger partial charge is 0.0475 e. The predicted octanol–water partition coefficient (Wildman–Crippen LogP) is 3.85. The van der Waals surface area contributed by atoms with Crippen molar-refractivity contribution in [3.05, 3.63) is 35.9 Å². The van der Waals surface area contributed by atoms with Crippen molar-refractivity contribution in [2.75, 3.05) is 19.6 Å². The lowest BCUT2D eigenvalue weighted by Crippen LogP contribution is -2.45. The first-order valence-corrected chi connectivity index (χ1v) is 8.23. The van der Waals surface area contributed by atoms with E-state index in [9.17, 15) is 0 Å². The molecule has 1 aliphatic heterocycles. The maximum atomic E-state index is 3.62. The number of rotatable bonds is 6. The van der Waals surface area contributed by atoms with Crippen molar-refractivity contribution in [1.82, 2.24) is 10.2 Å². The van der Waals surface area contributed by atoms with Crippen molar-refractivity contribution < 1.29 is 0 Å². The van der Waals surface area contributed by atoms with Gasteiger partial charge in [-0.1, -0.05) is 44.2 Å². The van der Waals surface area contributed by atoms with E-state index in [0.717, 1.165) is 19.0 Å². The predicted molar refractivity (Wildman–Crippen MR) is 86.9 cm³/mol. The molecule has 0 spiro atoms. The van der Waals surface area contributed by atoms with Gasteiger partial charge in [-0.25, -0.2) is 0 Å². The fourth-order valence-electron chi connectivity index (χ4n) is 3.41. The molecule has 2 rings (SSSR count).